The second-order valence-electron chi connectivity index (χ2n) is 4.78. The molecule has 0 spiro atoms. The Hall–Kier alpha value is -0.830. The van der Waals surface area contributed by atoms with Crippen molar-refractivity contribution in [2.24, 2.45) is 5.92 Å². The number of hydrogen-bond donors (Lipinski definition) is 3. The SMILES string of the molecule is COc1cc(Br)c(N)cc1S(=O)(=O)NCC(O)C1CC1. The second kappa shape index (κ2) is 5.88. The summed E-state index contributed by atoms with van der Waals surface area (Å²) in [5, 5.41) is 9.73. The number of nitrogen functional groups attached to an aromatic ring is 1. The first-order valence-electron chi connectivity index (χ1n) is 6.16. The third-order valence-electron chi connectivity index (χ3n) is 3.22. The summed E-state index contributed by atoms with van der Waals surface area (Å²) in [6.45, 7) is -0.00781. The highest BCUT2D eigenvalue weighted by molar-refractivity contribution is 9.10. The molecule has 1 saturated carbocycles. The zero-order valence-electron chi connectivity index (χ0n) is 11.0. The lowest BCUT2D eigenvalue weighted by Crippen LogP contribution is -2.33. The molecule has 1 aliphatic carbocycles. The Bertz CT molecular complexity index is 602. The van der Waals surface area contributed by atoms with Crippen LogP contribution in [0.5, 0.6) is 5.75 Å². The van der Waals surface area contributed by atoms with E-state index in [0.717, 1.165) is 12.8 Å². The molecule has 0 aromatic heterocycles. The van der Waals surface area contributed by atoms with Crippen molar-refractivity contribution in [2.45, 2.75) is 23.8 Å². The maximum Gasteiger partial charge on any atom is 0.244 e. The van der Waals surface area contributed by atoms with Gasteiger partial charge in [-0.05, 0) is 46.8 Å². The number of methoxy groups -OCH3 is 1. The van der Waals surface area contributed by atoms with Gasteiger partial charge in [-0.2, -0.15) is 0 Å². The van der Waals surface area contributed by atoms with Crippen molar-refractivity contribution >= 4 is 31.6 Å². The van der Waals surface area contributed by atoms with Crippen LogP contribution >= 0.6 is 15.9 Å². The molecule has 4 N–H and O–H groups in total. The molecule has 0 saturated heterocycles. The predicted molar refractivity (Wildman–Crippen MR) is 79.0 cm³/mol. The van der Waals surface area contributed by atoms with Gasteiger partial charge in [0.05, 0.1) is 13.2 Å². The normalized spacial score (nSPS) is 16.9. The smallest absolute Gasteiger partial charge is 0.244 e. The first-order valence-corrected chi connectivity index (χ1v) is 8.43. The lowest BCUT2D eigenvalue weighted by atomic mass is 10.2. The molecular weight excluding hydrogens is 348 g/mol. The summed E-state index contributed by atoms with van der Waals surface area (Å²) in [5.74, 6) is 0.397. The van der Waals surface area contributed by atoms with E-state index in [0.29, 0.717) is 10.2 Å². The van der Waals surface area contributed by atoms with Crippen molar-refractivity contribution in [2.75, 3.05) is 19.4 Å². The fourth-order valence-corrected chi connectivity index (χ4v) is 3.40. The molecule has 112 valence electrons. The van der Waals surface area contributed by atoms with Gasteiger partial charge in [0, 0.05) is 16.7 Å². The summed E-state index contributed by atoms with van der Waals surface area (Å²) in [4.78, 5) is -0.0382. The van der Waals surface area contributed by atoms with E-state index in [9.17, 15) is 13.5 Å². The fourth-order valence-electron chi connectivity index (χ4n) is 1.84. The highest BCUT2D eigenvalue weighted by Gasteiger charge is 2.31. The Morgan fingerprint density at radius 1 is 1.55 bits per heavy atom. The first kappa shape index (κ1) is 15.6. The molecule has 0 heterocycles. The van der Waals surface area contributed by atoms with Crippen molar-refractivity contribution in [3.63, 3.8) is 0 Å². The maximum absolute atomic E-state index is 12.2. The average molecular weight is 365 g/mol. The molecule has 0 radical (unpaired) electrons. The van der Waals surface area contributed by atoms with E-state index in [1.807, 2.05) is 0 Å². The topological polar surface area (TPSA) is 102 Å². The van der Waals surface area contributed by atoms with Crippen LogP contribution in [0.15, 0.2) is 21.5 Å². The van der Waals surface area contributed by atoms with E-state index in [1.54, 1.807) is 0 Å². The van der Waals surface area contributed by atoms with E-state index < -0.39 is 16.1 Å². The molecular formula is C12H17BrN2O4S. The van der Waals surface area contributed by atoms with Crippen LogP contribution < -0.4 is 15.2 Å². The van der Waals surface area contributed by atoms with Crippen LogP contribution in [-0.2, 0) is 10.0 Å². The van der Waals surface area contributed by atoms with E-state index in [1.165, 1.54) is 19.2 Å². The Labute approximate surface area is 126 Å². The summed E-state index contributed by atoms with van der Waals surface area (Å²) in [7, 11) is -2.39. The Balaban J connectivity index is 2.21. The van der Waals surface area contributed by atoms with Gasteiger partial charge in [-0.15, -0.1) is 0 Å². The van der Waals surface area contributed by atoms with Crippen molar-refractivity contribution in [3.05, 3.63) is 16.6 Å². The van der Waals surface area contributed by atoms with Gasteiger partial charge in [0.2, 0.25) is 10.0 Å². The maximum atomic E-state index is 12.2. The molecule has 6 nitrogen and oxygen atoms in total. The predicted octanol–water partition coefficient (Wildman–Crippen LogP) is 1.09. The molecule has 0 bridgehead atoms. The van der Waals surface area contributed by atoms with Gasteiger partial charge in [-0.25, -0.2) is 13.1 Å². The number of benzene rings is 1. The van der Waals surface area contributed by atoms with Crippen LogP contribution in [0.2, 0.25) is 0 Å². The number of anilines is 1. The Kier molecular flexibility index (Phi) is 4.58. The molecule has 8 heteroatoms. The molecule has 20 heavy (non-hydrogen) atoms. The van der Waals surface area contributed by atoms with E-state index in [-0.39, 0.29) is 23.1 Å². The molecule has 0 aliphatic heterocycles. The van der Waals surface area contributed by atoms with Gasteiger partial charge in [0.1, 0.15) is 10.6 Å². The van der Waals surface area contributed by atoms with Crippen molar-refractivity contribution in [1.29, 1.82) is 0 Å². The van der Waals surface area contributed by atoms with Gasteiger partial charge in [0.15, 0.2) is 0 Å². The minimum atomic E-state index is -3.78. The van der Waals surface area contributed by atoms with Crippen LogP contribution in [0.4, 0.5) is 5.69 Å². The van der Waals surface area contributed by atoms with Crippen LogP contribution in [0.1, 0.15) is 12.8 Å². The standard InChI is InChI=1S/C12H17BrN2O4S/c1-19-11-4-8(13)9(14)5-12(11)20(17,18)15-6-10(16)7-2-3-7/h4-5,7,10,15-16H,2-3,6,14H2,1H3. The van der Waals surface area contributed by atoms with Crippen LogP contribution in [0.3, 0.4) is 0 Å². The van der Waals surface area contributed by atoms with Gasteiger partial charge < -0.3 is 15.6 Å². The Morgan fingerprint density at radius 3 is 2.75 bits per heavy atom. The zero-order valence-corrected chi connectivity index (χ0v) is 13.4. The van der Waals surface area contributed by atoms with Gasteiger partial charge in [0.25, 0.3) is 0 Å². The summed E-state index contributed by atoms with van der Waals surface area (Å²) >= 11 is 3.22. The number of nitrogens with two attached hydrogens (primary N) is 1. The van der Waals surface area contributed by atoms with Crippen LogP contribution in [0, 0.1) is 5.92 Å². The van der Waals surface area contributed by atoms with E-state index >= 15 is 0 Å². The van der Waals surface area contributed by atoms with Gasteiger partial charge >= 0.3 is 0 Å². The number of ether oxygens (including phenoxy) is 1. The number of aliphatic hydroxyl groups excluding tert-OH is 1. The molecule has 1 atom stereocenters. The second-order valence-corrected chi connectivity index (χ2v) is 7.37. The number of halogens is 1. The highest BCUT2D eigenvalue weighted by Crippen LogP contribution is 2.34. The molecule has 0 amide bonds. The minimum absolute atomic E-state index is 0.00781. The van der Waals surface area contributed by atoms with Crippen molar-refractivity contribution < 1.29 is 18.3 Å². The molecule has 2 rings (SSSR count). The lowest BCUT2D eigenvalue weighted by molar-refractivity contribution is 0.155. The number of nitrogens with one attached hydrogen (secondary N) is 1. The zero-order chi connectivity index (χ0) is 14.9. The summed E-state index contributed by atoms with van der Waals surface area (Å²) in [6, 6.07) is 2.83. The third-order valence-corrected chi connectivity index (χ3v) is 5.35. The highest BCUT2D eigenvalue weighted by atomic mass is 79.9. The van der Waals surface area contributed by atoms with Crippen LogP contribution in [0.25, 0.3) is 0 Å². The molecule has 1 aromatic carbocycles. The fraction of sp³-hybridized carbons (Fsp3) is 0.500. The summed E-state index contributed by atoms with van der Waals surface area (Å²) in [6.07, 6.45) is 1.23. The van der Waals surface area contributed by atoms with E-state index in [4.69, 9.17) is 10.5 Å². The number of aliphatic hydroxyl groups is 1. The number of rotatable bonds is 6. The summed E-state index contributed by atoms with van der Waals surface area (Å²) in [5.41, 5.74) is 6.01. The first-order chi connectivity index (χ1) is 9.35. The minimum Gasteiger partial charge on any atom is -0.495 e. The van der Waals surface area contributed by atoms with Crippen LogP contribution in [-0.4, -0.2) is 33.3 Å². The Morgan fingerprint density at radius 2 is 2.20 bits per heavy atom. The monoisotopic (exact) mass is 364 g/mol. The molecule has 1 unspecified atom stereocenters. The number of sulfonamides is 1. The number of hydrogen-bond acceptors (Lipinski definition) is 5. The third kappa shape index (κ3) is 3.43. The largest absolute Gasteiger partial charge is 0.495 e. The average Bonchev–Trinajstić information content (AvgIpc) is 3.23. The quantitative estimate of drug-likeness (QED) is 0.655. The van der Waals surface area contributed by atoms with Gasteiger partial charge in [-0.3, -0.25) is 0 Å². The molecule has 1 aliphatic rings. The lowest BCUT2D eigenvalue weighted by Gasteiger charge is -2.14. The van der Waals surface area contributed by atoms with E-state index in [2.05, 4.69) is 20.7 Å². The van der Waals surface area contributed by atoms with Crippen molar-refractivity contribution in [1.82, 2.24) is 4.72 Å². The molecule has 1 fully saturated rings. The van der Waals surface area contributed by atoms with Crippen molar-refractivity contribution in [3.8, 4) is 5.75 Å². The molecule has 1 aromatic rings. The van der Waals surface area contributed by atoms with Gasteiger partial charge in [-0.1, -0.05) is 0 Å². The summed E-state index contributed by atoms with van der Waals surface area (Å²) < 4.78 is 32.5.